The Morgan fingerprint density at radius 3 is 2.77 bits per heavy atom. The first-order chi connectivity index (χ1) is 7.82. The molecular weight excluding hydrogens is 171 g/mol. The lowest BCUT2D eigenvalue weighted by atomic mass is 10.2. The molecule has 0 aliphatic rings. The van der Waals surface area contributed by atoms with Gasteiger partial charge in [-0.15, -0.1) is 0 Å². The van der Waals surface area contributed by atoms with Gasteiger partial charge in [0.1, 0.15) is 0 Å². The molecule has 0 amide bonds. The highest BCUT2D eigenvalue weighted by atomic mass is 16.4. The molecule has 0 aliphatic carbocycles. The predicted molar refractivity (Wildman–Crippen MR) is 43.1 cm³/mol. The van der Waals surface area contributed by atoms with Gasteiger partial charge in [0.15, 0.2) is 0 Å². The Morgan fingerprint density at radius 2 is 2.23 bits per heavy atom. The zero-order valence-electron chi connectivity index (χ0n) is 10.2. The highest BCUT2D eigenvalue weighted by Gasteiger charge is 2.13. The Labute approximate surface area is 79.7 Å². The zero-order chi connectivity index (χ0) is 13.3. The van der Waals surface area contributed by atoms with Crippen LogP contribution in [-0.4, -0.2) is 16.9 Å². The first-order valence-electron chi connectivity index (χ1n) is 5.11. The minimum atomic E-state index is -1.88. The van der Waals surface area contributed by atoms with E-state index in [0.29, 0.717) is 0 Å². The van der Waals surface area contributed by atoms with Crippen LogP contribution >= 0.6 is 0 Å². The Hall–Kier alpha value is -2.15. The van der Waals surface area contributed by atoms with Crippen molar-refractivity contribution in [1.29, 1.82) is 5.26 Å². The molecule has 0 unspecified atom stereocenters. The number of hydrogen-bond acceptors (Lipinski definition) is 3. The molecule has 0 fully saturated rings. The molecule has 0 spiro atoms. The number of carboxylic acid groups (broad SMARTS) is 1. The van der Waals surface area contributed by atoms with E-state index >= 15 is 0 Å². The van der Waals surface area contributed by atoms with Crippen LogP contribution in [0.5, 0.6) is 0 Å². The van der Waals surface area contributed by atoms with Crippen LogP contribution in [-0.2, 0) is 4.79 Å². The highest BCUT2D eigenvalue weighted by Crippen LogP contribution is 2.04. The number of carbonyl (C=O) groups is 2. The van der Waals surface area contributed by atoms with Crippen LogP contribution in [0.25, 0.3) is 0 Å². The Morgan fingerprint density at radius 1 is 1.54 bits per heavy atom. The van der Waals surface area contributed by atoms with E-state index in [4.69, 9.17) is 15.9 Å². The van der Waals surface area contributed by atoms with E-state index in [1.165, 1.54) is 6.07 Å². The number of Topliss-reactive ketones (excluding diaryl/α,β-unsaturated/α-hetero) is 1. The zero-order valence-corrected chi connectivity index (χ0v) is 6.21. The van der Waals surface area contributed by atoms with Crippen LogP contribution in [0.1, 0.15) is 21.4 Å². The first kappa shape index (κ1) is 4.77. The van der Waals surface area contributed by atoms with Gasteiger partial charge in [0, 0.05) is 5.56 Å². The molecule has 0 radical (unpaired) electrons. The maximum Gasteiger partial charge on any atom is 0.377 e. The summed E-state index contributed by atoms with van der Waals surface area (Å²) in [7, 11) is 0. The summed E-state index contributed by atoms with van der Waals surface area (Å²) in [6.07, 6.45) is 0. The number of ketones is 1. The van der Waals surface area contributed by atoms with Gasteiger partial charge in [-0.1, -0.05) is 12.1 Å². The molecule has 1 N–H and O–H groups in total. The summed E-state index contributed by atoms with van der Waals surface area (Å²) in [4.78, 5) is 21.7. The van der Waals surface area contributed by atoms with Crippen molar-refractivity contribution in [1.82, 2.24) is 0 Å². The molecule has 0 saturated carbocycles. The van der Waals surface area contributed by atoms with Crippen LogP contribution in [0.2, 0.25) is 0 Å². The second kappa shape index (κ2) is 3.50. The van der Waals surface area contributed by atoms with Crippen molar-refractivity contribution >= 4 is 11.8 Å². The summed E-state index contributed by atoms with van der Waals surface area (Å²) >= 11 is 0. The third-order valence-electron chi connectivity index (χ3n) is 1.16. The molecule has 4 heteroatoms. The topological polar surface area (TPSA) is 78.2 Å². The van der Waals surface area contributed by atoms with Gasteiger partial charge >= 0.3 is 5.97 Å². The maximum absolute atomic E-state index is 11.2. The van der Waals surface area contributed by atoms with E-state index < -0.39 is 47.0 Å². The first-order valence-corrected chi connectivity index (χ1v) is 3.11. The van der Waals surface area contributed by atoms with E-state index in [-0.39, 0.29) is 0 Å². The van der Waals surface area contributed by atoms with Crippen LogP contribution in [0.15, 0.2) is 24.2 Å². The molecule has 0 bridgehead atoms. The lowest BCUT2D eigenvalue weighted by Crippen LogP contribution is -2.12. The fraction of sp³-hybridized carbons (Fsp3) is 0. The minimum absolute atomic E-state index is 0.587. The molecule has 0 saturated heterocycles. The second-order valence-corrected chi connectivity index (χ2v) is 2.00. The van der Waals surface area contributed by atoms with Crippen molar-refractivity contribution in [3.63, 3.8) is 0 Å². The van der Waals surface area contributed by atoms with Crippen LogP contribution < -0.4 is 0 Å². The number of aliphatic carboxylic acids is 1. The molecule has 1 aromatic rings. The lowest BCUT2D eigenvalue weighted by molar-refractivity contribution is -0.131. The largest absolute Gasteiger partial charge is 0.475 e. The molecule has 1 aromatic carbocycles. The minimum Gasteiger partial charge on any atom is -0.475 e. The molecule has 1 rings (SSSR count). The summed E-state index contributed by atoms with van der Waals surface area (Å²) in [6, 6.07) is -1.60. The monoisotopic (exact) mass is 180 g/mol. The smallest absolute Gasteiger partial charge is 0.377 e. The van der Waals surface area contributed by atoms with Gasteiger partial charge in [0.05, 0.1) is 17.1 Å². The molecule has 0 atom stereocenters. The van der Waals surface area contributed by atoms with E-state index in [2.05, 4.69) is 0 Å². The van der Waals surface area contributed by atoms with Gasteiger partial charge in [0.2, 0.25) is 0 Å². The number of carboxylic acids is 1. The van der Waals surface area contributed by atoms with Gasteiger partial charge in [-0.05, 0) is 12.1 Å². The van der Waals surface area contributed by atoms with Crippen molar-refractivity contribution in [2.24, 2.45) is 0 Å². The van der Waals surface area contributed by atoms with Crippen molar-refractivity contribution < 1.29 is 20.2 Å². The van der Waals surface area contributed by atoms with E-state index in [1.807, 2.05) is 0 Å². The number of nitriles is 1. The summed E-state index contributed by atoms with van der Waals surface area (Å²) in [5, 5.41) is 17.2. The number of hydrogen-bond donors (Lipinski definition) is 1. The van der Waals surface area contributed by atoms with Crippen molar-refractivity contribution in [2.45, 2.75) is 0 Å². The quantitative estimate of drug-likeness (QED) is 0.415. The number of nitrogens with zero attached hydrogens (tertiary/aromatic N) is 1. The maximum atomic E-state index is 11.2. The lowest BCUT2D eigenvalue weighted by Gasteiger charge is -1.94. The number of rotatable bonds is 2. The Bertz CT molecular complexity index is 577. The van der Waals surface area contributed by atoms with Crippen molar-refractivity contribution in [2.75, 3.05) is 0 Å². The number of benzene rings is 1. The summed E-state index contributed by atoms with van der Waals surface area (Å²) in [6.45, 7) is 0. The Kier molecular flexibility index (Phi) is 1.28. The predicted octanol–water partition coefficient (Wildman–Crippen LogP) is 0.826. The fourth-order valence-electron chi connectivity index (χ4n) is 0.620. The van der Waals surface area contributed by atoms with Gasteiger partial charge in [-0.25, -0.2) is 4.79 Å². The molecule has 0 heterocycles. The van der Waals surface area contributed by atoms with E-state index in [0.717, 1.165) is 0 Å². The van der Waals surface area contributed by atoms with E-state index in [1.54, 1.807) is 0 Å². The summed E-state index contributed by atoms with van der Waals surface area (Å²) in [5.41, 5.74) is -1.43. The fourth-order valence-corrected chi connectivity index (χ4v) is 0.620. The van der Waals surface area contributed by atoms with Crippen molar-refractivity contribution in [3.05, 3.63) is 35.3 Å². The molecule has 0 aliphatic heterocycles. The second-order valence-electron chi connectivity index (χ2n) is 2.00. The molecule has 64 valence electrons. The van der Waals surface area contributed by atoms with Gasteiger partial charge in [0.25, 0.3) is 5.78 Å². The Balaban J connectivity index is 3.75. The van der Waals surface area contributed by atoms with E-state index in [9.17, 15) is 9.59 Å². The molecular formula is C9H5NO3. The molecule has 13 heavy (non-hydrogen) atoms. The third-order valence-corrected chi connectivity index (χ3v) is 1.16. The molecule has 0 aromatic heterocycles. The number of carbonyl (C=O) groups excluding carboxylic acids is 1. The van der Waals surface area contributed by atoms with Crippen LogP contribution in [0.3, 0.4) is 0 Å². The van der Waals surface area contributed by atoms with Gasteiger partial charge in [-0.2, -0.15) is 5.26 Å². The van der Waals surface area contributed by atoms with Gasteiger partial charge in [-0.3, -0.25) is 4.79 Å². The van der Waals surface area contributed by atoms with Crippen molar-refractivity contribution in [3.8, 4) is 6.07 Å². The summed E-state index contributed by atoms with van der Waals surface area (Å²) < 4.78 is 29.4. The SMILES string of the molecule is [2H]c1c([2H])c(C#N)c([2H])c([13C](=O)C(=O)O)c1[2H]. The van der Waals surface area contributed by atoms with Gasteiger partial charge < -0.3 is 5.11 Å². The molecule has 4 nitrogen and oxygen atoms in total. The third kappa shape index (κ3) is 1.91. The summed E-state index contributed by atoms with van der Waals surface area (Å²) in [5.74, 6) is -3.42. The normalized spacial score (nSPS) is 13.2. The van der Waals surface area contributed by atoms with Crippen LogP contribution in [0, 0.1) is 11.3 Å². The standard InChI is InChI=1S/C9H5NO3/c10-5-6-2-1-3-7(4-6)8(11)9(12)13/h1-4H,(H,12,13)/i1D,2D,3D,4D,8+1. The highest BCUT2D eigenvalue weighted by molar-refractivity contribution is 6.39. The average molecular weight is 180 g/mol. The average Bonchev–Trinajstić information content (AvgIpc) is 2.27. The van der Waals surface area contributed by atoms with Crippen LogP contribution in [0.4, 0.5) is 0 Å².